The van der Waals surface area contributed by atoms with Gasteiger partial charge >= 0.3 is 5.97 Å². The predicted molar refractivity (Wildman–Crippen MR) is 63.0 cm³/mol. The second-order valence-corrected chi connectivity index (χ2v) is 3.42. The van der Waals surface area contributed by atoms with E-state index in [1.165, 1.54) is 7.11 Å². The average Bonchev–Trinajstić information content (AvgIpc) is 2.40. The lowest BCUT2D eigenvalue weighted by Crippen LogP contribution is -2.23. The van der Waals surface area contributed by atoms with Gasteiger partial charge in [-0.25, -0.2) is 4.79 Å². The van der Waals surface area contributed by atoms with E-state index in [1.807, 2.05) is 0 Å². The van der Waals surface area contributed by atoms with Gasteiger partial charge in [0, 0.05) is 0 Å². The molecule has 0 saturated carbocycles. The summed E-state index contributed by atoms with van der Waals surface area (Å²) < 4.78 is 9.59. The molecule has 0 aliphatic rings. The largest absolute Gasteiger partial charge is 0.497 e. The number of ketones is 1. The van der Waals surface area contributed by atoms with E-state index in [2.05, 4.69) is 4.74 Å². The van der Waals surface area contributed by atoms with Gasteiger partial charge in [0.25, 0.3) is 5.78 Å². The zero-order valence-electron chi connectivity index (χ0n) is 10.2. The predicted octanol–water partition coefficient (Wildman–Crippen LogP) is 1.43. The lowest BCUT2D eigenvalue weighted by atomic mass is 9.96. The number of Topliss-reactive ketones (excluding diaryl/α,β-unsaturated/α-hetero) is 1. The van der Waals surface area contributed by atoms with Crippen molar-refractivity contribution < 1.29 is 19.1 Å². The van der Waals surface area contributed by atoms with Crippen molar-refractivity contribution in [3.05, 3.63) is 29.8 Å². The first-order chi connectivity index (χ1) is 8.63. The Morgan fingerprint density at radius 1 is 1.44 bits per heavy atom. The average molecular weight is 247 g/mol. The Bertz CT molecular complexity index is 490. The molecule has 1 unspecified atom stereocenters. The molecule has 0 radical (unpaired) electrons. The molecule has 0 aromatic heterocycles. The summed E-state index contributed by atoms with van der Waals surface area (Å²) in [7, 11) is 1.48. The maximum atomic E-state index is 11.7. The fourth-order valence-electron chi connectivity index (χ4n) is 1.43. The molecule has 0 heterocycles. The van der Waals surface area contributed by atoms with Gasteiger partial charge in [-0.05, 0) is 24.6 Å². The molecule has 94 valence electrons. The van der Waals surface area contributed by atoms with Crippen molar-refractivity contribution in [2.24, 2.45) is 0 Å². The van der Waals surface area contributed by atoms with Crippen LogP contribution in [0.1, 0.15) is 18.4 Å². The van der Waals surface area contributed by atoms with Crippen LogP contribution in [0.25, 0.3) is 0 Å². The number of nitrogens with zero attached hydrogens (tertiary/aromatic N) is 1. The van der Waals surface area contributed by atoms with Gasteiger partial charge in [-0.3, -0.25) is 4.79 Å². The molecule has 0 aliphatic carbocycles. The third-order valence-corrected chi connectivity index (χ3v) is 2.30. The molecule has 5 nitrogen and oxygen atoms in total. The second kappa shape index (κ2) is 6.40. The van der Waals surface area contributed by atoms with Gasteiger partial charge in [0.15, 0.2) is 0 Å². The molecule has 18 heavy (non-hydrogen) atoms. The number of nitriles is 1. The number of methoxy groups -OCH3 is 1. The summed E-state index contributed by atoms with van der Waals surface area (Å²) in [5, 5.41) is 9.01. The van der Waals surface area contributed by atoms with Crippen molar-refractivity contribution in [3.8, 4) is 11.8 Å². The lowest BCUT2D eigenvalue weighted by Gasteiger charge is -2.09. The molecule has 0 amide bonds. The highest BCUT2D eigenvalue weighted by Gasteiger charge is 2.28. The molecule has 1 atom stereocenters. The molecule has 0 saturated heterocycles. The highest BCUT2D eigenvalue weighted by molar-refractivity contribution is 6.36. The smallest absolute Gasteiger partial charge is 0.376 e. The fraction of sp³-hybridized carbons (Fsp3) is 0.308. The van der Waals surface area contributed by atoms with E-state index in [-0.39, 0.29) is 6.61 Å². The monoisotopic (exact) mass is 247 g/mol. The molecule has 5 heteroatoms. The SMILES string of the molecule is CCOC(=O)C(=O)C(C#N)c1cccc(OC)c1. The zero-order chi connectivity index (χ0) is 13.5. The van der Waals surface area contributed by atoms with Crippen molar-refractivity contribution in [1.29, 1.82) is 5.26 Å². The van der Waals surface area contributed by atoms with Crippen LogP contribution in [0.5, 0.6) is 5.75 Å². The highest BCUT2D eigenvalue weighted by atomic mass is 16.5. The van der Waals surface area contributed by atoms with Gasteiger partial charge in [-0.15, -0.1) is 0 Å². The summed E-state index contributed by atoms with van der Waals surface area (Å²) in [6.45, 7) is 1.69. The highest BCUT2D eigenvalue weighted by Crippen LogP contribution is 2.21. The van der Waals surface area contributed by atoms with Crippen LogP contribution < -0.4 is 4.74 Å². The normalized spacial score (nSPS) is 11.2. The van der Waals surface area contributed by atoms with E-state index in [9.17, 15) is 9.59 Å². The Morgan fingerprint density at radius 3 is 2.72 bits per heavy atom. The summed E-state index contributed by atoms with van der Waals surface area (Å²) in [6, 6.07) is 8.28. The first kappa shape index (κ1) is 13.7. The Morgan fingerprint density at radius 2 is 2.17 bits per heavy atom. The standard InChI is InChI=1S/C13H13NO4/c1-3-18-13(16)12(15)11(8-14)9-5-4-6-10(7-9)17-2/h4-7,11H,3H2,1-2H3. The summed E-state index contributed by atoms with van der Waals surface area (Å²) >= 11 is 0. The summed E-state index contributed by atoms with van der Waals surface area (Å²) in [4.78, 5) is 23.0. The van der Waals surface area contributed by atoms with E-state index in [1.54, 1.807) is 37.3 Å². The van der Waals surface area contributed by atoms with Gasteiger partial charge in [0.1, 0.15) is 11.7 Å². The van der Waals surface area contributed by atoms with Crippen LogP contribution in [0.2, 0.25) is 0 Å². The number of carbonyl (C=O) groups is 2. The van der Waals surface area contributed by atoms with Crippen LogP contribution >= 0.6 is 0 Å². The van der Waals surface area contributed by atoms with Crippen LogP contribution in [0.4, 0.5) is 0 Å². The number of hydrogen-bond acceptors (Lipinski definition) is 5. The van der Waals surface area contributed by atoms with E-state index in [0.29, 0.717) is 11.3 Å². The van der Waals surface area contributed by atoms with E-state index in [0.717, 1.165) is 0 Å². The van der Waals surface area contributed by atoms with Crippen molar-refractivity contribution in [3.63, 3.8) is 0 Å². The first-order valence-corrected chi connectivity index (χ1v) is 5.38. The van der Waals surface area contributed by atoms with Crippen LogP contribution in [-0.2, 0) is 14.3 Å². The summed E-state index contributed by atoms with van der Waals surface area (Å²) in [5.41, 5.74) is 0.412. The van der Waals surface area contributed by atoms with Crippen LogP contribution in [0, 0.1) is 11.3 Å². The number of esters is 1. The molecule has 0 N–H and O–H groups in total. The molecule has 0 aliphatic heterocycles. The zero-order valence-corrected chi connectivity index (χ0v) is 10.2. The quantitative estimate of drug-likeness (QED) is 0.581. The molecule has 1 aromatic carbocycles. The number of hydrogen-bond donors (Lipinski definition) is 0. The van der Waals surface area contributed by atoms with Crippen LogP contribution in [-0.4, -0.2) is 25.5 Å². The maximum absolute atomic E-state index is 11.7. The van der Waals surface area contributed by atoms with Gasteiger partial charge in [-0.2, -0.15) is 5.26 Å². The van der Waals surface area contributed by atoms with Crippen molar-refractivity contribution in [1.82, 2.24) is 0 Å². The lowest BCUT2D eigenvalue weighted by molar-refractivity contribution is -0.153. The van der Waals surface area contributed by atoms with Crippen LogP contribution in [0.15, 0.2) is 24.3 Å². The first-order valence-electron chi connectivity index (χ1n) is 5.38. The van der Waals surface area contributed by atoms with E-state index in [4.69, 9.17) is 10.00 Å². The molecule has 1 rings (SSSR count). The number of rotatable bonds is 5. The van der Waals surface area contributed by atoms with Gasteiger partial charge in [0.05, 0.1) is 19.8 Å². The number of benzene rings is 1. The van der Waals surface area contributed by atoms with Crippen LogP contribution in [0.3, 0.4) is 0 Å². The van der Waals surface area contributed by atoms with E-state index >= 15 is 0 Å². The fourth-order valence-corrected chi connectivity index (χ4v) is 1.43. The topological polar surface area (TPSA) is 76.4 Å². The van der Waals surface area contributed by atoms with Gasteiger partial charge in [0.2, 0.25) is 0 Å². The molecular formula is C13H13NO4. The minimum atomic E-state index is -1.17. The molecule has 0 fully saturated rings. The molecule has 1 aromatic rings. The Hall–Kier alpha value is -2.35. The number of carbonyl (C=O) groups excluding carboxylic acids is 2. The molecule has 0 spiro atoms. The third-order valence-electron chi connectivity index (χ3n) is 2.30. The number of ether oxygens (including phenoxy) is 2. The van der Waals surface area contributed by atoms with Crippen molar-refractivity contribution >= 4 is 11.8 Å². The third kappa shape index (κ3) is 3.08. The second-order valence-electron chi connectivity index (χ2n) is 3.42. The molecule has 0 bridgehead atoms. The van der Waals surface area contributed by atoms with Crippen molar-refractivity contribution in [2.75, 3.05) is 13.7 Å². The Kier molecular flexibility index (Phi) is 4.88. The van der Waals surface area contributed by atoms with Gasteiger partial charge < -0.3 is 9.47 Å². The Labute approximate surface area is 105 Å². The Balaban J connectivity index is 2.99. The summed E-state index contributed by atoms with van der Waals surface area (Å²) in [6.07, 6.45) is 0. The maximum Gasteiger partial charge on any atom is 0.376 e. The minimum absolute atomic E-state index is 0.0980. The van der Waals surface area contributed by atoms with Crippen molar-refractivity contribution in [2.45, 2.75) is 12.8 Å². The minimum Gasteiger partial charge on any atom is -0.497 e. The molecular weight excluding hydrogens is 234 g/mol. The summed E-state index contributed by atoms with van der Waals surface area (Å²) in [5.74, 6) is -2.51. The van der Waals surface area contributed by atoms with E-state index < -0.39 is 17.7 Å². The van der Waals surface area contributed by atoms with Gasteiger partial charge in [-0.1, -0.05) is 12.1 Å².